The average Bonchev–Trinajstić information content (AvgIpc) is 3.35. The van der Waals surface area contributed by atoms with Crippen molar-refractivity contribution in [2.24, 2.45) is 4.99 Å². The summed E-state index contributed by atoms with van der Waals surface area (Å²) < 4.78 is 35.3. The van der Waals surface area contributed by atoms with Crippen LogP contribution in [0.1, 0.15) is 37.6 Å². The molecule has 0 spiro atoms. The van der Waals surface area contributed by atoms with Gasteiger partial charge in [-0.05, 0) is 24.5 Å². The second-order valence-electron chi connectivity index (χ2n) is 7.22. The molecule has 1 aromatic heterocycles. The minimum atomic E-state index is -2.84. The molecule has 0 bridgehead atoms. The molecule has 0 radical (unpaired) electrons. The van der Waals surface area contributed by atoms with Crippen molar-refractivity contribution < 1.29 is 18.0 Å². The Bertz CT molecular complexity index is 825. The largest absolute Gasteiger partial charge is 0.433 e. The zero-order chi connectivity index (χ0) is 20.8. The quantitative estimate of drug-likeness (QED) is 0.542. The Morgan fingerprint density at radius 1 is 1.38 bits per heavy atom. The van der Waals surface area contributed by atoms with Crippen LogP contribution in [0.15, 0.2) is 39.8 Å². The van der Waals surface area contributed by atoms with Crippen LogP contribution in [0, 0.1) is 0 Å². The molecule has 0 saturated carbocycles. The zero-order valence-electron chi connectivity index (χ0n) is 16.9. The second-order valence-corrected chi connectivity index (χ2v) is 7.22. The molecular weight excluding hydrogens is 380 g/mol. The smallest absolute Gasteiger partial charge is 0.387 e. The molecule has 2 aromatic rings. The fraction of sp³-hybridized carbons (Fsp3) is 0.500. The molecular formula is C20H27F2N5O2. The van der Waals surface area contributed by atoms with E-state index < -0.39 is 6.61 Å². The van der Waals surface area contributed by atoms with E-state index in [2.05, 4.69) is 39.4 Å². The van der Waals surface area contributed by atoms with Gasteiger partial charge < -0.3 is 24.8 Å². The molecule has 1 atom stereocenters. The summed E-state index contributed by atoms with van der Waals surface area (Å²) >= 11 is 0. The van der Waals surface area contributed by atoms with Gasteiger partial charge in [-0.15, -0.1) is 0 Å². The molecule has 1 aromatic carbocycles. The molecule has 7 nitrogen and oxygen atoms in total. The third-order valence-corrected chi connectivity index (χ3v) is 4.77. The first-order valence-corrected chi connectivity index (χ1v) is 9.67. The van der Waals surface area contributed by atoms with Crippen molar-refractivity contribution in [1.29, 1.82) is 0 Å². The highest BCUT2D eigenvalue weighted by atomic mass is 19.3. The molecule has 2 heterocycles. The number of nitrogens with zero attached hydrogens (tertiary/aromatic N) is 3. The standard InChI is InChI=1S/C20H27F2N5O2/c1-13(2)16-10-15(29-26-16)11-24-20(23-3)25-14-8-9-27(12-14)17-6-4-5-7-18(17)28-19(21)22/h4-7,10,13-14,19H,8-9,11-12H2,1-3H3,(H2,23,24,25). The van der Waals surface area contributed by atoms with E-state index in [4.69, 9.17) is 4.52 Å². The van der Waals surface area contributed by atoms with Crippen molar-refractivity contribution in [2.45, 2.75) is 45.4 Å². The highest BCUT2D eigenvalue weighted by Gasteiger charge is 2.26. The van der Waals surface area contributed by atoms with E-state index >= 15 is 0 Å². The van der Waals surface area contributed by atoms with Crippen molar-refractivity contribution >= 4 is 11.6 Å². The Morgan fingerprint density at radius 2 is 2.17 bits per heavy atom. The highest BCUT2D eigenvalue weighted by Crippen LogP contribution is 2.31. The van der Waals surface area contributed by atoms with Gasteiger partial charge in [0.1, 0.15) is 5.75 Å². The first kappa shape index (κ1) is 20.9. The van der Waals surface area contributed by atoms with Gasteiger partial charge in [0.05, 0.1) is 17.9 Å². The summed E-state index contributed by atoms with van der Waals surface area (Å²) in [5.41, 5.74) is 1.59. The molecule has 1 fully saturated rings. The maximum Gasteiger partial charge on any atom is 0.387 e. The lowest BCUT2D eigenvalue weighted by atomic mass is 10.1. The number of rotatable bonds is 7. The fourth-order valence-electron chi connectivity index (χ4n) is 3.25. The molecule has 1 unspecified atom stereocenters. The first-order valence-electron chi connectivity index (χ1n) is 9.67. The lowest BCUT2D eigenvalue weighted by Gasteiger charge is -2.22. The van der Waals surface area contributed by atoms with Crippen molar-refractivity contribution in [3.05, 3.63) is 41.8 Å². The summed E-state index contributed by atoms with van der Waals surface area (Å²) in [5.74, 6) is 1.89. The van der Waals surface area contributed by atoms with E-state index in [1.165, 1.54) is 0 Å². The van der Waals surface area contributed by atoms with Gasteiger partial charge in [-0.25, -0.2) is 0 Å². The topological polar surface area (TPSA) is 74.9 Å². The Labute approximate surface area is 169 Å². The van der Waals surface area contributed by atoms with Gasteiger partial charge in [0, 0.05) is 32.2 Å². The third-order valence-electron chi connectivity index (χ3n) is 4.77. The predicted octanol–water partition coefficient (Wildman–Crippen LogP) is 3.34. The van der Waals surface area contributed by atoms with Gasteiger partial charge in [0.15, 0.2) is 11.7 Å². The van der Waals surface area contributed by atoms with E-state index in [1.54, 1.807) is 25.2 Å². The SMILES string of the molecule is CN=C(NCc1cc(C(C)C)no1)NC1CCN(c2ccccc2OC(F)F)C1. The molecule has 1 saturated heterocycles. The number of guanidine groups is 1. The number of benzene rings is 1. The van der Waals surface area contributed by atoms with Gasteiger partial charge in [-0.2, -0.15) is 8.78 Å². The van der Waals surface area contributed by atoms with Crippen molar-refractivity contribution in [2.75, 3.05) is 25.0 Å². The van der Waals surface area contributed by atoms with Crippen LogP contribution in [0.3, 0.4) is 0 Å². The van der Waals surface area contributed by atoms with Crippen molar-refractivity contribution in [1.82, 2.24) is 15.8 Å². The maximum atomic E-state index is 12.7. The maximum absolute atomic E-state index is 12.7. The van der Waals surface area contributed by atoms with Crippen molar-refractivity contribution in [3.63, 3.8) is 0 Å². The van der Waals surface area contributed by atoms with Gasteiger partial charge in [-0.3, -0.25) is 4.99 Å². The van der Waals surface area contributed by atoms with Gasteiger partial charge in [0.2, 0.25) is 0 Å². The van der Waals surface area contributed by atoms with Crippen LogP contribution in [-0.4, -0.2) is 43.9 Å². The van der Waals surface area contributed by atoms with E-state index in [1.807, 2.05) is 17.0 Å². The Hall–Kier alpha value is -2.84. The molecule has 2 N–H and O–H groups in total. The number of nitrogens with one attached hydrogen (secondary N) is 2. The second kappa shape index (κ2) is 9.58. The van der Waals surface area contributed by atoms with Crippen LogP contribution in [-0.2, 0) is 6.54 Å². The molecule has 0 aliphatic carbocycles. The van der Waals surface area contributed by atoms with Crippen LogP contribution in [0.25, 0.3) is 0 Å². The monoisotopic (exact) mass is 407 g/mol. The number of anilines is 1. The number of para-hydroxylation sites is 2. The van der Waals surface area contributed by atoms with Gasteiger partial charge in [-0.1, -0.05) is 31.1 Å². The van der Waals surface area contributed by atoms with Crippen LogP contribution in [0.5, 0.6) is 5.75 Å². The lowest BCUT2D eigenvalue weighted by Crippen LogP contribution is -2.44. The number of halogens is 2. The number of aliphatic imine (C=N–C) groups is 1. The van der Waals surface area contributed by atoms with Crippen LogP contribution in [0.4, 0.5) is 14.5 Å². The summed E-state index contributed by atoms with van der Waals surface area (Å²) in [7, 11) is 1.70. The first-order chi connectivity index (χ1) is 14.0. The zero-order valence-corrected chi connectivity index (χ0v) is 16.9. The van der Waals surface area contributed by atoms with E-state index in [0.29, 0.717) is 30.7 Å². The summed E-state index contributed by atoms with van der Waals surface area (Å²) in [6.07, 6.45) is 0.851. The molecule has 29 heavy (non-hydrogen) atoms. The van der Waals surface area contributed by atoms with E-state index in [0.717, 1.165) is 24.4 Å². The highest BCUT2D eigenvalue weighted by molar-refractivity contribution is 5.80. The Kier molecular flexibility index (Phi) is 6.90. The average molecular weight is 407 g/mol. The number of ether oxygens (including phenoxy) is 1. The Balaban J connectivity index is 1.54. The number of aromatic nitrogens is 1. The molecule has 3 rings (SSSR count). The molecule has 158 valence electrons. The minimum absolute atomic E-state index is 0.127. The summed E-state index contributed by atoms with van der Waals surface area (Å²) in [6.45, 7) is 3.14. The number of alkyl halides is 2. The predicted molar refractivity (Wildman–Crippen MR) is 108 cm³/mol. The molecule has 1 aliphatic rings. The van der Waals surface area contributed by atoms with Crippen molar-refractivity contribution in [3.8, 4) is 5.75 Å². The summed E-state index contributed by atoms with van der Waals surface area (Å²) in [5, 5.41) is 10.6. The minimum Gasteiger partial charge on any atom is -0.433 e. The normalized spacial score (nSPS) is 17.3. The fourth-order valence-corrected chi connectivity index (χ4v) is 3.25. The molecule has 1 aliphatic heterocycles. The van der Waals surface area contributed by atoms with Crippen LogP contribution < -0.4 is 20.3 Å². The molecule has 9 heteroatoms. The van der Waals surface area contributed by atoms with Crippen LogP contribution >= 0.6 is 0 Å². The van der Waals surface area contributed by atoms with Gasteiger partial charge in [0.25, 0.3) is 0 Å². The van der Waals surface area contributed by atoms with Crippen LogP contribution in [0.2, 0.25) is 0 Å². The van der Waals surface area contributed by atoms with E-state index in [9.17, 15) is 8.78 Å². The Morgan fingerprint density at radius 3 is 2.86 bits per heavy atom. The van der Waals surface area contributed by atoms with Gasteiger partial charge >= 0.3 is 6.61 Å². The molecule has 0 amide bonds. The number of hydrogen-bond acceptors (Lipinski definition) is 5. The number of hydrogen-bond donors (Lipinski definition) is 2. The third kappa shape index (κ3) is 5.58. The summed E-state index contributed by atoms with van der Waals surface area (Å²) in [6, 6.07) is 8.92. The summed E-state index contributed by atoms with van der Waals surface area (Å²) in [4.78, 5) is 6.29. The lowest BCUT2D eigenvalue weighted by molar-refractivity contribution is -0.0495. The van der Waals surface area contributed by atoms with E-state index in [-0.39, 0.29) is 11.8 Å².